The van der Waals surface area contributed by atoms with E-state index in [-0.39, 0.29) is 6.04 Å². The van der Waals surface area contributed by atoms with Crippen LogP contribution in [0.15, 0.2) is 168 Å². The monoisotopic (exact) mass is 690 g/mol. The second-order valence-corrected chi connectivity index (χ2v) is 14.8. The molecule has 0 fully saturated rings. The molecule has 1 aliphatic heterocycles. The quantitative estimate of drug-likeness (QED) is 0.164. The van der Waals surface area contributed by atoms with Gasteiger partial charge in [-0.3, -0.25) is 0 Å². The van der Waals surface area contributed by atoms with Gasteiger partial charge in [0.2, 0.25) is 0 Å². The number of furan rings is 1. The molecule has 9 rings (SSSR count). The van der Waals surface area contributed by atoms with E-state index >= 15 is 0 Å². The third-order valence-corrected chi connectivity index (χ3v) is 11.5. The van der Waals surface area contributed by atoms with Crippen molar-refractivity contribution in [2.45, 2.75) is 56.4 Å². The number of aryl methyl sites for hydroxylation is 1. The molecule has 4 aliphatic rings. The van der Waals surface area contributed by atoms with Crippen LogP contribution in [0, 0.1) is 0 Å². The average Bonchev–Trinajstić information content (AvgIpc) is 3.62. The molecule has 3 heteroatoms. The van der Waals surface area contributed by atoms with E-state index in [9.17, 15) is 0 Å². The molecule has 0 saturated heterocycles. The number of nitrogens with zero attached hydrogens (tertiary/aromatic N) is 1. The van der Waals surface area contributed by atoms with Crippen molar-refractivity contribution in [3.63, 3.8) is 0 Å². The summed E-state index contributed by atoms with van der Waals surface area (Å²) >= 11 is 0. The molecule has 1 N–H and O–H groups in total. The highest BCUT2D eigenvalue weighted by Crippen LogP contribution is 2.41. The number of likely N-dealkylation sites (N-methyl/N-ethyl adjacent to an activating group) is 1. The Morgan fingerprint density at radius 2 is 1.66 bits per heavy atom. The molecule has 3 unspecified atom stereocenters. The minimum atomic E-state index is 0.161. The van der Waals surface area contributed by atoms with Gasteiger partial charge in [0.05, 0.1) is 6.04 Å². The van der Waals surface area contributed by atoms with Crippen LogP contribution in [0.2, 0.25) is 0 Å². The molecular weight excluding hydrogens is 645 g/mol. The number of allylic oxidation sites excluding steroid dienone is 8. The first kappa shape index (κ1) is 33.1. The van der Waals surface area contributed by atoms with Gasteiger partial charge in [-0.25, -0.2) is 0 Å². The van der Waals surface area contributed by atoms with Crippen LogP contribution in [-0.2, 0) is 6.42 Å². The number of anilines is 1. The van der Waals surface area contributed by atoms with E-state index in [1.165, 1.54) is 62.2 Å². The van der Waals surface area contributed by atoms with Gasteiger partial charge in [0.1, 0.15) is 11.3 Å². The molecular formula is C50H46N2O. The number of rotatable bonds is 8. The van der Waals surface area contributed by atoms with Gasteiger partial charge in [0, 0.05) is 47.1 Å². The average molecular weight is 691 g/mol. The maximum atomic E-state index is 6.34. The summed E-state index contributed by atoms with van der Waals surface area (Å²) in [5, 5.41) is 4.93. The zero-order chi connectivity index (χ0) is 35.6. The van der Waals surface area contributed by atoms with Crippen LogP contribution < -0.4 is 5.32 Å². The van der Waals surface area contributed by atoms with Crippen LogP contribution in [0.5, 0.6) is 0 Å². The Morgan fingerprint density at radius 3 is 2.47 bits per heavy atom. The van der Waals surface area contributed by atoms with Crippen LogP contribution in [0.25, 0.3) is 28.7 Å². The fourth-order valence-corrected chi connectivity index (χ4v) is 8.58. The SMILES string of the molecule is CN1C(C2=CCC(c3ccc(N/C=C/c4cccc5c6c(oc45)C=CCC6)c(C4CC=CCC4)c3)C=C2)=CC(c2ccccc2)=CC1c1ccccc1. The first-order chi connectivity index (χ1) is 26.2. The van der Waals surface area contributed by atoms with Crippen LogP contribution in [0.4, 0.5) is 5.69 Å². The van der Waals surface area contributed by atoms with Crippen LogP contribution in [0.1, 0.15) is 89.1 Å². The van der Waals surface area contributed by atoms with E-state index in [1.807, 2.05) is 0 Å². The summed E-state index contributed by atoms with van der Waals surface area (Å²) in [6.45, 7) is 0. The molecule has 0 saturated carbocycles. The minimum Gasteiger partial charge on any atom is -0.456 e. The lowest BCUT2D eigenvalue weighted by molar-refractivity contribution is 0.364. The van der Waals surface area contributed by atoms with Gasteiger partial charge in [-0.15, -0.1) is 0 Å². The van der Waals surface area contributed by atoms with E-state index in [4.69, 9.17) is 4.42 Å². The predicted molar refractivity (Wildman–Crippen MR) is 222 cm³/mol. The first-order valence-corrected chi connectivity index (χ1v) is 19.3. The van der Waals surface area contributed by atoms with Gasteiger partial charge < -0.3 is 14.6 Å². The topological polar surface area (TPSA) is 28.4 Å². The largest absolute Gasteiger partial charge is 0.456 e. The summed E-state index contributed by atoms with van der Waals surface area (Å²) in [7, 11) is 2.23. The number of fused-ring (bicyclic) bond motifs is 3. The first-order valence-electron chi connectivity index (χ1n) is 19.3. The minimum absolute atomic E-state index is 0.161. The van der Waals surface area contributed by atoms with Gasteiger partial charge in [-0.2, -0.15) is 0 Å². The number of para-hydroxylation sites is 1. The third kappa shape index (κ3) is 6.68. The third-order valence-electron chi connectivity index (χ3n) is 11.5. The van der Waals surface area contributed by atoms with Crippen molar-refractivity contribution in [3.05, 3.63) is 202 Å². The second kappa shape index (κ2) is 14.7. The molecule has 53 heavy (non-hydrogen) atoms. The molecule has 1 aromatic heterocycles. The zero-order valence-electron chi connectivity index (χ0n) is 30.4. The lowest BCUT2D eigenvalue weighted by atomic mass is 9.82. The Morgan fingerprint density at radius 1 is 0.792 bits per heavy atom. The molecule has 0 radical (unpaired) electrons. The zero-order valence-corrected chi connectivity index (χ0v) is 30.4. The maximum Gasteiger partial charge on any atom is 0.142 e. The second-order valence-electron chi connectivity index (χ2n) is 14.8. The summed E-state index contributed by atoms with van der Waals surface area (Å²) in [6, 6.07) is 35.4. The smallest absolute Gasteiger partial charge is 0.142 e. The number of hydrogen-bond acceptors (Lipinski definition) is 3. The van der Waals surface area contributed by atoms with Gasteiger partial charge in [-0.05, 0) is 108 Å². The van der Waals surface area contributed by atoms with Gasteiger partial charge in [0.25, 0.3) is 0 Å². The number of hydrogen-bond donors (Lipinski definition) is 1. The summed E-state index contributed by atoms with van der Waals surface area (Å²) in [4.78, 5) is 2.43. The van der Waals surface area contributed by atoms with Gasteiger partial charge >= 0.3 is 0 Å². The molecule has 5 aromatic rings. The molecule has 0 amide bonds. The van der Waals surface area contributed by atoms with Crippen LogP contribution in [-0.4, -0.2) is 11.9 Å². The lowest BCUT2D eigenvalue weighted by Gasteiger charge is -2.36. The van der Waals surface area contributed by atoms with E-state index in [2.05, 4.69) is 181 Å². The number of benzene rings is 4. The van der Waals surface area contributed by atoms with Crippen molar-refractivity contribution < 1.29 is 4.42 Å². The molecule has 3 aliphatic carbocycles. The Hall–Kier alpha value is -5.80. The number of nitrogens with one attached hydrogen (secondary N) is 1. The molecule has 0 bridgehead atoms. The van der Waals surface area contributed by atoms with E-state index in [0.29, 0.717) is 11.8 Å². The van der Waals surface area contributed by atoms with E-state index in [0.717, 1.165) is 49.0 Å². The van der Waals surface area contributed by atoms with Crippen molar-refractivity contribution in [3.8, 4) is 0 Å². The fraction of sp³-hybridized carbons (Fsp3) is 0.200. The highest BCUT2D eigenvalue weighted by atomic mass is 16.3. The lowest BCUT2D eigenvalue weighted by Crippen LogP contribution is -2.26. The summed E-state index contributed by atoms with van der Waals surface area (Å²) in [5.74, 6) is 1.84. The maximum absolute atomic E-state index is 6.34. The normalized spacial score (nSPS) is 21.0. The molecule has 4 aromatic carbocycles. The van der Waals surface area contributed by atoms with E-state index in [1.54, 1.807) is 0 Å². The standard InChI is InChI=1S/C50H46N2O/c1-52-47(38-18-9-4-10-19-38)33-42(35-14-5-2-6-15-35)34-48(52)39-26-24-36(25-27-39)41-28-29-46(45(32-41)37-16-7-3-8-17-37)51-31-30-40-20-13-22-44-43-21-11-12-23-49(43)53-50(40)44/h2-7,9-10,12-15,18-20,22-24,26-34,36-37,47,51H,8,11,16-17,21,25H2,1H3/b31-30+. The Kier molecular flexibility index (Phi) is 9.15. The Labute approximate surface area is 313 Å². The predicted octanol–water partition coefficient (Wildman–Crippen LogP) is 12.9. The van der Waals surface area contributed by atoms with Crippen molar-refractivity contribution in [2.24, 2.45) is 0 Å². The van der Waals surface area contributed by atoms with Gasteiger partial charge in [0.15, 0.2) is 0 Å². The fourth-order valence-electron chi connectivity index (χ4n) is 8.58. The van der Waals surface area contributed by atoms with Crippen molar-refractivity contribution in [2.75, 3.05) is 12.4 Å². The molecule has 3 atom stereocenters. The molecule has 0 spiro atoms. The van der Waals surface area contributed by atoms with Crippen LogP contribution >= 0.6 is 0 Å². The molecule has 2 heterocycles. The Bertz CT molecular complexity index is 2350. The van der Waals surface area contributed by atoms with Crippen molar-refractivity contribution in [1.82, 2.24) is 4.90 Å². The van der Waals surface area contributed by atoms with Crippen LogP contribution in [0.3, 0.4) is 0 Å². The molecule has 262 valence electrons. The Balaban J connectivity index is 0.972. The van der Waals surface area contributed by atoms with Gasteiger partial charge in [-0.1, -0.05) is 127 Å². The van der Waals surface area contributed by atoms with Crippen molar-refractivity contribution >= 4 is 34.4 Å². The highest BCUT2D eigenvalue weighted by molar-refractivity contribution is 5.91. The highest BCUT2D eigenvalue weighted by Gasteiger charge is 2.26. The summed E-state index contributed by atoms with van der Waals surface area (Å²) < 4.78 is 6.34. The summed E-state index contributed by atoms with van der Waals surface area (Å²) in [5.41, 5.74) is 13.8. The summed E-state index contributed by atoms with van der Waals surface area (Å²) in [6.07, 6.45) is 31.7. The molecule has 3 nitrogen and oxygen atoms in total. The van der Waals surface area contributed by atoms with E-state index < -0.39 is 0 Å². The van der Waals surface area contributed by atoms with Crippen molar-refractivity contribution in [1.29, 1.82) is 0 Å².